The molecule has 1 atom stereocenters. The molecule has 2 aliphatic rings. The molecule has 0 saturated carbocycles. The van der Waals surface area contributed by atoms with Gasteiger partial charge in [0.2, 0.25) is 0 Å². The third-order valence-electron chi connectivity index (χ3n) is 5.19. The lowest BCUT2D eigenvalue weighted by Crippen LogP contribution is -2.45. The summed E-state index contributed by atoms with van der Waals surface area (Å²) in [7, 11) is -0.689. The Morgan fingerprint density at radius 2 is 1.55 bits per heavy atom. The number of likely N-dealkylation sites (tertiary alicyclic amines) is 2. The fourth-order valence-corrected chi connectivity index (χ4v) is 5.45. The molecular weight excluding hydrogens is 296 g/mol. The molecule has 0 aliphatic carbocycles. The zero-order chi connectivity index (χ0) is 16.1. The van der Waals surface area contributed by atoms with E-state index in [1.165, 1.54) is 0 Å². The third kappa shape index (κ3) is 4.87. The second-order valence-electron chi connectivity index (χ2n) is 7.03. The van der Waals surface area contributed by atoms with Gasteiger partial charge in [0.05, 0.1) is 6.54 Å². The Hall–Kier alpha value is -0.260. The van der Waals surface area contributed by atoms with Crippen LogP contribution in [0.2, 0.25) is 0 Å². The van der Waals surface area contributed by atoms with Gasteiger partial charge in [0.25, 0.3) is 0 Å². The van der Waals surface area contributed by atoms with Gasteiger partial charge in [-0.1, -0.05) is 6.92 Å². The van der Waals surface area contributed by atoms with E-state index < -0.39 is 10.8 Å². The van der Waals surface area contributed by atoms with Gasteiger partial charge in [0.1, 0.15) is 5.78 Å². The number of ketones is 1. The summed E-state index contributed by atoms with van der Waals surface area (Å²) in [6, 6.07) is 0.605. The number of piperidine rings is 2. The van der Waals surface area contributed by atoms with Gasteiger partial charge in [0, 0.05) is 33.8 Å². The molecule has 2 heterocycles. The number of Topliss-reactive ketones (excluding diaryl/α,β-unsaturated/α-hetero) is 1. The van der Waals surface area contributed by atoms with Gasteiger partial charge in [-0.15, -0.1) is 0 Å². The zero-order valence-corrected chi connectivity index (χ0v) is 15.2. The average molecular weight is 329 g/mol. The molecular formula is C17H32N2O2S. The van der Waals surface area contributed by atoms with Crippen LogP contribution in [0, 0.1) is 0 Å². The number of rotatable bonds is 6. The van der Waals surface area contributed by atoms with Gasteiger partial charge in [0.15, 0.2) is 0 Å². The maximum atomic E-state index is 12.8. The summed E-state index contributed by atoms with van der Waals surface area (Å²) in [5, 5.41) is 0.743. The maximum Gasteiger partial charge on any atom is 0.146 e. The van der Waals surface area contributed by atoms with Gasteiger partial charge < -0.3 is 4.90 Å². The predicted molar refractivity (Wildman–Crippen MR) is 92.6 cm³/mol. The van der Waals surface area contributed by atoms with Crippen molar-refractivity contribution in [1.29, 1.82) is 0 Å². The van der Waals surface area contributed by atoms with Crippen LogP contribution in [-0.2, 0) is 15.6 Å². The second kappa shape index (κ2) is 8.55. The van der Waals surface area contributed by atoms with Crippen molar-refractivity contribution in [2.75, 3.05) is 32.7 Å². The normalized spacial score (nSPS) is 24.7. The summed E-state index contributed by atoms with van der Waals surface area (Å²) in [6.45, 7) is 11.1. The summed E-state index contributed by atoms with van der Waals surface area (Å²) < 4.78 is 12.8. The monoisotopic (exact) mass is 328 g/mol. The molecule has 0 aromatic carbocycles. The number of carbonyl (C=O) groups is 1. The van der Waals surface area contributed by atoms with E-state index in [0.29, 0.717) is 35.3 Å². The second-order valence-corrected chi connectivity index (χ2v) is 9.02. The van der Waals surface area contributed by atoms with Crippen molar-refractivity contribution in [3.63, 3.8) is 0 Å². The Morgan fingerprint density at radius 1 is 1.05 bits per heavy atom. The summed E-state index contributed by atoms with van der Waals surface area (Å²) in [4.78, 5) is 16.3. The van der Waals surface area contributed by atoms with Crippen molar-refractivity contribution >= 4 is 16.6 Å². The van der Waals surface area contributed by atoms with Crippen LogP contribution in [0.25, 0.3) is 0 Å². The molecule has 0 aromatic heterocycles. The van der Waals surface area contributed by atoms with Crippen molar-refractivity contribution in [2.24, 2.45) is 0 Å². The van der Waals surface area contributed by atoms with Crippen molar-refractivity contribution in [1.82, 2.24) is 9.80 Å². The van der Waals surface area contributed by atoms with Gasteiger partial charge >= 0.3 is 0 Å². The summed E-state index contributed by atoms with van der Waals surface area (Å²) in [5.74, 6) is 0.320. The number of carbonyl (C=O) groups excluding carboxylic acids is 1. The molecule has 2 saturated heterocycles. The number of hydrogen-bond acceptors (Lipinski definition) is 4. The highest BCUT2D eigenvalue weighted by atomic mass is 32.2. The molecule has 0 radical (unpaired) electrons. The molecule has 22 heavy (non-hydrogen) atoms. The average Bonchev–Trinajstić information content (AvgIpc) is 2.55. The quantitative estimate of drug-likeness (QED) is 0.748. The van der Waals surface area contributed by atoms with Gasteiger partial charge in [-0.2, -0.15) is 0 Å². The Kier molecular flexibility index (Phi) is 7.03. The molecule has 2 rings (SSSR count). The number of hydrogen-bond donors (Lipinski definition) is 0. The van der Waals surface area contributed by atoms with Crippen LogP contribution in [0.3, 0.4) is 0 Å². The standard InChI is InChI=1S/C17H32N2O2S/c1-4-15(20)13-18-9-5-16(6-10-18)22(21)17-7-11-19(12-8-17)14(2)3/h14,16-17H,4-13H2,1-3H3. The van der Waals surface area contributed by atoms with E-state index in [1.54, 1.807) is 0 Å². The topological polar surface area (TPSA) is 40.6 Å². The fourth-order valence-electron chi connectivity index (χ4n) is 3.56. The molecule has 0 N–H and O–H groups in total. The molecule has 2 aliphatic heterocycles. The fraction of sp³-hybridized carbons (Fsp3) is 0.941. The van der Waals surface area contributed by atoms with Crippen LogP contribution in [0.4, 0.5) is 0 Å². The molecule has 1 unspecified atom stereocenters. The summed E-state index contributed by atoms with van der Waals surface area (Å²) in [5.41, 5.74) is 0. The molecule has 128 valence electrons. The van der Waals surface area contributed by atoms with E-state index in [4.69, 9.17) is 0 Å². The van der Waals surface area contributed by atoms with Gasteiger partial charge in [-0.3, -0.25) is 13.9 Å². The Labute approximate surface area is 138 Å². The first-order chi connectivity index (χ1) is 10.5. The lowest BCUT2D eigenvalue weighted by Gasteiger charge is -2.37. The highest BCUT2D eigenvalue weighted by Gasteiger charge is 2.31. The largest absolute Gasteiger partial charge is 0.301 e. The van der Waals surface area contributed by atoms with Crippen molar-refractivity contribution < 1.29 is 9.00 Å². The minimum Gasteiger partial charge on any atom is -0.301 e. The molecule has 0 spiro atoms. The van der Waals surface area contributed by atoms with E-state index >= 15 is 0 Å². The van der Waals surface area contributed by atoms with Crippen LogP contribution in [-0.4, -0.2) is 69.1 Å². The lowest BCUT2D eigenvalue weighted by molar-refractivity contribution is -0.120. The van der Waals surface area contributed by atoms with Crippen molar-refractivity contribution in [3.05, 3.63) is 0 Å². The maximum absolute atomic E-state index is 12.8. The van der Waals surface area contributed by atoms with E-state index in [1.807, 2.05) is 6.92 Å². The van der Waals surface area contributed by atoms with Crippen molar-refractivity contribution in [3.8, 4) is 0 Å². The van der Waals surface area contributed by atoms with E-state index in [0.717, 1.165) is 51.9 Å². The van der Waals surface area contributed by atoms with E-state index in [9.17, 15) is 9.00 Å². The Bertz CT molecular complexity index is 384. The molecule has 0 bridgehead atoms. The van der Waals surface area contributed by atoms with Crippen LogP contribution in [0.1, 0.15) is 52.9 Å². The first-order valence-corrected chi connectivity index (χ1v) is 10.2. The predicted octanol–water partition coefficient (Wildman–Crippen LogP) is 2.05. The molecule has 2 fully saturated rings. The molecule has 4 nitrogen and oxygen atoms in total. The van der Waals surface area contributed by atoms with Crippen LogP contribution >= 0.6 is 0 Å². The molecule has 0 aromatic rings. The van der Waals surface area contributed by atoms with E-state index in [2.05, 4.69) is 23.6 Å². The van der Waals surface area contributed by atoms with Gasteiger partial charge in [-0.05, 0) is 65.7 Å². The van der Waals surface area contributed by atoms with Crippen molar-refractivity contribution in [2.45, 2.75) is 69.4 Å². The smallest absolute Gasteiger partial charge is 0.146 e. The Balaban J connectivity index is 1.75. The van der Waals surface area contributed by atoms with Crippen LogP contribution < -0.4 is 0 Å². The first kappa shape index (κ1) is 18.1. The SMILES string of the molecule is CCC(=O)CN1CCC(S(=O)C2CCN(C(C)C)CC2)CC1. The molecule has 5 heteroatoms. The summed E-state index contributed by atoms with van der Waals surface area (Å²) >= 11 is 0. The Morgan fingerprint density at radius 3 is 2.00 bits per heavy atom. The third-order valence-corrected chi connectivity index (χ3v) is 7.45. The summed E-state index contributed by atoms with van der Waals surface area (Å²) in [6.07, 6.45) is 4.78. The lowest BCUT2D eigenvalue weighted by atomic mass is 10.1. The first-order valence-electron chi connectivity index (χ1n) is 8.88. The highest BCUT2D eigenvalue weighted by molar-refractivity contribution is 7.86. The highest BCUT2D eigenvalue weighted by Crippen LogP contribution is 2.24. The van der Waals surface area contributed by atoms with E-state index in [-0.39, 0.29) is 0 Å². The minimum atomic E-state index is -0.689. The molecule has 0 amide bonds. The minimum absolute atomic E-state index is 0.320. The number of nitrogens with zero attached hydrogens (tertiary/aromatic N) is 2. The van der Waals surface area contributed by atoms with Crippen LogP contribution in [0.15, 0.2) is 0 Å². The van der Waals surface area contributed by atoms with Gasteiger partial charge in [-0.25, -0.2) is 0 Å². The zero-order valence-electron chi connectivity index (χ0n) is 14.4. The van der Waals surface area contributed by atoms with Crippen LogP contribution in [0.5, 0.6) is 0 Å².